The molecule has 0 aliphatic carbocycles. The van der Waals surface area contributed by atoms with Crippen molar-refractivity contribution in [1.82, 2.24) is 4.98 Å². The highest BCUT2D eigenvalue weighted by Crippen LogP contribution is 2.25. The number of alkyl halides is 3. The fourth-order valence-electron chi connectivity index (χ4n) is 0.792. The van der Waals surface area contributed by atoms with Crippen LogP contribution in [0.1, 0.15) is 10.5 Å². The van der Waals surface area contributed by atoms with E-state index in [1.807, 2.05) is 0 Å². The SMILES string of the molecule is NC(=O)c1cc(OC(F)(F)F)cc(Br)n1. The van der Waals surface area contributed by atoms with Crippen molar-refractivity contribution < 1.29 is 22.7 Å². The molecule has 0 spiro atoms. The topological polar surface area (TPSA) is 65.2 Å². The quantitative estimate of drug-likeness (QED) is 0.843. The molecule has 0 atom stereocenters. The first kappa shape index (κ1) is 11.8. The van der Waals surface area contributed by atoms with E-state index in [4.69, 9.17) is 5.73 Å². The predicted molar refractivity (Wildman–Crippen MR) is 47.1 cm³/mol. The minimum absolute atomic E-state index is 0.0260. The van der Waals surface area contributed by atoms with Crippen LogP contribution in [-0.4, -0.2) is 17.3 Å². The molecular formula is C7H4BrF3N2O2. The number of ether oxygens (including phenoxy) is 1. The van der Waals surface area contributed by atoms with Crippen LogP contribution in [0.4, 0.5) is 13.2 Å². The second-order valence-corrected chi connectivity index (χ2v) is 3.24. The van der Waals surface area contributed by atoms with Gasteiger partial charge in [-0.25, -0.2) is 4.98 Å². The second kappa shape index (κ2) is 4.05. The summed E-state index contributed by atoms with van der Waals surface area (Å²) in [5.74, 6) is -1.50. The van der Waals surface area contributed by atoms with Gasteiger partial charge in [0, 0.05) is 12.1 Å². The van der Waals surface area contributed by atoms with Gasteiger partial charge in [0.1, 0.15) is 16.0 Å². The van der Waals surface area contributed by atoms with Crippen molar-refractivity contribution in [2.24, 2.45) is 5.73 Å². The van der Waals surface area contributed by atoms with E-state index in [9.17, 15) is 18.0 Å². The molecule has 1 aromatic heterocycles. The second-order valence-electron chi connectivity index (χ2n) is 2.42. The minimum Gasteiger partial charge on any atom is -0.406 e. The standard InChI is InChI=1S/C7H4BrF3N2O2/c8-5-2-3(15-7(9,10)11)1-4(13-5)6(12)14/h1-2H,(H2,12,14). The van der Waals surface area contributed by atoms with Crippen LogP contribution in [0.5, 0.6) is 5.75 Å². The largest absolute Gasteiger partial charge is 0.573 e. The zero-order valence-electron chi connectivity index (χ0n) is 7.01. The Balaban J connectivity index is 3.04. The number of carbonyl (C=O) groups is 1. The fraction of sp³-hybridized carbons (Fsp3) is 0.143. The van der Waals surface area contributed by atoms with Crippen molar-refractivity contribution in [1.29, 1.82) is 0 Å². The Morgan fingerprint density at radius 1 is 1.47 bits per heavy atom. The van der Waals surface area contributed by atoms with Gasteiger partial charge in [-0.3, -0.25) is 4.79 Å². The van der Waals surface area contributed by atoms with Crippen LogP contribution in [0.3, 0.4) is 0 Å². The van der Waals surface area contributed by atoms with E-state index in [1.54, 1.807) is 0 Å². The molecular weight excluding hydrogens is 281 g/mol. The Hall–Kier alpha value is -1.31. The molecule has 0 radical (unpaired) electrons. The number of carbonyl (C=O) groups excluding carboxylic acids is 1. The number of nitrogens with two attached hydrogens (primary N) is 1. The van der Waals surface area contributed by atoms with Gasteiger partial charge in [0.15, 0.2) is 0 Å². The van der Waals surface area contributed by atoms with E-state index < -0.39 is 18.0 Å². The Labute approximate surface area is 90.4 Å². The summed E-state index contributed by atoms with van der Waals surface area (Å²) in [5, 5.41) is 0. The maximum Gasteiger partial charge on any atom is 0.573 e. The summed E-state index contributed by atoms with van der Waals surface area (Å²) in [6.45, 7) is 0. The van der Waals surface area contributed by atoms with Crippen LogP contribution in [0.25, 0.3) is 0 Å². The van der Waals surface area contributed by atoms with Gasteiger partial charge in [-0.05, 0) is 15.9 Å². The number of pyridine rings is 1. The van der Waals surface area contributed by atoms with Crippen molar-refractivity contribution in [2.45, 2.75) is 6.36 Å². The average molecular weight is 285 g/mol. The van der Waals surface area contributed by atoms with E-state index in [0.717, 1.165) is 12.1 Å². The molecule has 0 fully saturated rings. The number of primary amides is 1. The maximum atomic E-state index is 11.8. The van der Waals surface area contributed by atoms with E-state index >= 15 is 0 Å². The summed E-state index contributed by atoms with van der Waals surface area (Å²) in [6.07, 6.45) is -4.82. The third-order valence-corrected chi connectivity index (χ3v) is 1.66. The summed E-state index contributed by atoms with van der Waals surface area (Å²) in [4.78, 5) is 14.2. The molecule has 0 aliphatic rings. The van der Waals surface area contributed by atoms with Gasteiger partial charge in [0.05, 0.1) is 0 Å². The van der Waals surface area contributed by atoms with Crippen LogP contribution in [0, 0.1) is 0 Å². The van der Waals surface area contributed by atoms with Gasteiger partial charge in [0.25, 0.3) is 5.91 Å². The maximum absolute atomic E-state index is 11.8. The molecule has 0 aliphatic heterocycles. The summed E-state index contributed by atoms with van der Waals surface area (Å²) >= 11 is 2.82. The number of rotatable bonds is 2. The lowest BCUT2D eigenvalue weighted by Crippen LogP contribution is -2.19. The molecule has 0 unspecified atom stereocenters. The van der Waals surface area contributed by atoms with Crippen molar-refractivity contribution in [3.05, 3.63) is 22.4 Å². The highest BCUT2D eigenvalue weighted by atomic mass is 79.9. The zero-order valence-corrected chi connectivity index (χ0v) is 8.59. The van der Waals surface area contributed by atoms with Crippen LogP contribution in [-0.2, 0) is 0 Å². The molecule has 1 aromatic rings. The van der Waals surface area contributed by atoms with Gasteiger partial charge in [-0.15, -0.1) is 13.2 Å². The summed E-state index contributed by atoms with van der Waals surface area (Å²) in [6, 6.07) is 1.78. The first-order valence-corrected chi connectivity index (χ1v) is 4.30. The smallest absolute Gasteiger partial charge is 0.406 e. The van der Waals surface area contributed by atoms with Crippen molar-refractivity contribution in [3.63, 3.8) is 0 Å². The Morgan fingerprint density at radius 3 is 2.53 bits per heavy atom. The van der Waals surface area contributed by atoms with Crippen molar-refractivity contribution in [3.8, 4) is 5.75 Å². The lowest BCUT2D eigenvalue weighted by atomic mass is 10.3. The third kappa shape index (κ3) is 3.74. The van der Waals surface area contributed by atoms with Gasteiger partial charge < -0.3 is 10.5 Å². The lowest BCUT2D eigenvalue weighted by molar-refractivity contribution is -0.274. The summed E-state index contributed by atoms with van der Waals surface area (Å²) < 4.78 is 39.1. The van der Waals surface area contributed by atoms with E-state index in [0.29, 0.717) is 0 Å². The molecule has 15 heavy (non-hydrogen) atoms. The fourth-order valence-corrected chi connectivity index (χ4v) is 1.21. The number of hydrogen-bond acceptors (Lipinski definition) is 3. The molecule has 8 heteroatoms. The monoisotopic (exact) mass is 284 g/mol. The molecule has 0 saturated heterocycles. The molecule has 2 N–H and O–H groups in total. The molecule has 82 valence electrons. The number of halogens is 4. The third-order valence-electron chi connectivity index (χ3n) is 1.25. The number of amides is 1. The van der Waals surface area contributed by atoms with Crippen LogP contribution < -0.4 is 10.5 Å². The average Bonchev–Trinajstić information content (AvgIpc) is 1.99. The van der Waals surface area contributed by atoms with Crippen LogP contribution >= 0.6 is 15.9 Å². The van der Waals surface area contributed by atoms with Gasteiger partial charge in [-0.1, -0.05) is 0 Å². The molecule has 0 aromatic carbocycles. The normalized spacial score (nSPS) is 11.2. The summed E-state index contributed by atoms with van der Waals surface area (Å²) in [5.41, 5.74) is 4.54. The van der Waals surface area contributed by atoms with Gasteiger partial charge >= 0.3 is 6.36 Å². The Morgan fingerprint density at radius 2 is 2.07 bits per heavy atom. The summed E-state index contributed by atoms with van der Waals surface area (Å²) in [7, 11) is 0. The molecule has 1 rings (SSSR count). The van der Waals surface area contributed by atoms with Gasteiger partial charge in [0.2, 0.25) is 0 Å². The molecule has 1 amide bonds. The van der Waals surface area contributed by atoms with E-state index in [-0.39, 0.29) is 10.3 Å². The van der Waals surface area contributed by atoms with E-state index in [2.05, 4.69) is 25.7 Å². The van der Waals surface area contributed by atoms with Gasteiger partial charge in [-0.2, -0.15) is 0 Å². The number of hydrogen-bond donors (Lipinski definition) is 1. The van der Waals surface area contributed by atoms with Crippen LogP contribution in [0.2, 0.25) is 0 Å². The Bertz CT molecular complexity index is 394. The molecule has 0 saturated carbocycles. The molecule has 4 nitrogen and oxygen atoms in total. The van der Waals surface area contributed by atoms with Crippen molar-refractivity contribution >= 4 is 21.8 Å². The Kier molecular flexibility index (Phi) is 3.18. The van der Waals surface area contributed by atoms with E-state index in [1.165, 1.54) is 0 Å². The highest BCUT2D eigenvalue weighted by Gasteiger charge is 2.31. The molecule has 1 heterocycles. The van der Waals surface area contributed by atoms with Crippen molar-refractivity contribution in [2.75, 3.05) is 0 Å². The number of aromatic nitrogens is 1. The first-order valence-electron chi connectivity index (χ1n) is 3.51. The highest BCUT2D eigenvalue weighted by molar-refractivity contribution is 9.10. The molecule has 0 bridgehead atoms. The predicted octanol–water partition coefficient (Wildman–Crippen LogP) is 1.84. The first-order chi connectivity index (χ1) is 6.78. The lowest BCUT2D eigenvalue weighted by Gasteiger charge is -2.09. The van der Waals surface area contributed by atoms with Crippen LogP contribution in [0.15, 0.2) is 16.7 Å². The minimum atomic E-state index is -4.82. The zero-order chi connectivity index (χ0) is 11.6. The number of nitrogens with zero attached hydrogens (tertiary/aromatic N) is 1.